The Labute approximate surface area is 150 Å². The minimum absolute atomic E-state index is 0.000434. The summed E-state index contributed by atoms with van der Waals surface area (Å²) in [4.78, 5) is 2.67. The summed E-state index contributed by atoms with van der Waals surface area (Å²) in [6, 6.07) is 6.60. The van der Waals surface area contributed by atoms with Crippen LogP contribution in [0.3, 0.4) is 0 Å². The van der Waals surface area contributed by atoms with Crippen LogP contribution >= 0.6 is 0 Å². The van der Waals surface area contributed by atoms with Crippen LogP contribution in [0.25, 0.3) is 0 Å². The quantitative estimate of drug-likeness (QED) is 0.735. The Kier molecular flexibility index (Phi) is 5.39. The zero-order valence-electron chi connectivity index (χ0n) is 15.3. The van der Waals surface area contributed by atoms with E-state index in [9.17, 15) is 8.42 Å². The van der Waals surface area contributed by atoms with Gasteiger partial charge in [0.25, 0.3) is 0 Å². The highest BCUT2D eigenvalue weighted by atomic mass is 32.2. The fourth-order valence-corrected chi connectivity index (χ4v) is 4.22. The molecule has 2 fully saturated rings. The van der Waals surface area contributed by atoms with Gasteiger partial charge in [-0.25, -0.2) is 12.7 Å². The molecule has 0 aromatic heterocycles. The van der Waals surface area contributed by atoms with E-state index in [1.54, 1.807) is 24.3 Å². The highest BCUT2D eigenvalue weighted by molar-refractivity contribution is 7.89. The van der Waals surface area contributed by atoms with Gasteiger partial charge in [-0.05, 0) is 49.9 Å². The molecule has 1 aromatic carbocycles. The topological polar surface area (TPSA) is 59.1 Å². The molecule has 0 amide bonds. The van der Waals surface area contributed by atoms with E-state index in [0.29, 0.717) is 18.3 Å². The Morgan fingerprint density at radius 2 is 1.96 bits per heavy atom. The van der Waals surface area contributed by atoms with Crippen molar-refractivity contribution >= 4 is 10.0 Å². The van der Waals surface area contributed by atoms with E-state index >= 15 is 0 Å². The number of hydrogen-bond acceptors (Lipinski definition) is 5. The molecule has 2 aliphatic rings. The largest absolute Gasteiger partial charge is 0.492 e. The summed E-state index contributed by atoms with van der Waals surface area (Å²) in [6.07, 6.45) is 2.56. The highest BCUT2D eigenvalue weighted by Gasteiger charge is 2.45. The van der Waals surface area contributed by atoms with Gasteiger partial charge in [0.05, 0.1) is 17.1 Å². The molecule has 1 aliphatic carbocycles. The Bertz CT molecular complexity index is 686. The van der Waals surface area contributed by atoms with E-state index in [4.69, 9.17) is 9.47 Å². The number of morpholine rings is 1. The van der Waals surface area contributed by atoms with Gasteiger partial charge < -0.3 is 9.47 Å². The van der Waals surface area contributed by atoms with Crippen molar-refractivity contribution in [3.63, 3.8) is 0 Å². The Morgan fingerprint density at radius 1 is 1.28 bits per heavy atom. The fraction of sp³-hybridized carbons (Fsp3) is 0.667. The molecule has 6 nitrogen and oxygen atoms in total. The summed E-state index contributed by atoms with van der Waals surface area (Å²) in [6.45, 7) is 6.34. The van der Waals surface area contributed by atoms with Gasteiger partial charge >= 0.3 is 0 Å². The lowest BCUT2D eigenvalue weighted by molar-refractivity contribution is -0.112. The van der Waals surface area contributed by atoms with Crippen molar-refractivity contribution in [2.75, 3.05) is 46.9 Å². The van der Waals surface area contributed by atoms with Crippen LogP contribution < -0.4 is 4.74 Å². The second kappa shape index (κ2) is 7.23. The van der Waals surface area contributed by atoms with Gasteiger partial charge in [0.2, 0.25) is 10.0 Å². The zero-order chi connectivity index (χ0) is 18.1. The lowest BCUT2D eigenvalue weighted by Gasteiger charge is -2.40. The first kappa shape index (κ1) is 18.6. The molecule has 7 heteroatoms. The van der Waals surface area contributed by atoms with Gasteiger partial charge in [0.15, 0.2) is 0 Å². The van der Waals surface area contributed by atoms with Crippen molar-refractivity contribution in [1.29, 1.82) is 0 Å². The van der Waals surface area contributed by atoms with E-state index in [0.717, 1.165) is 26.2 Å². The highest BCUT2D eigenvalue weighted by Crippen LogP contribution is 2.43. The third-order valence-electron chi connectivity index (χ3n) is 5.10. The third kappa shape index (κ3) is 4.34. The number of sulfonamides is 1. The normalized spacial score (nSPS) is 25.3. The SMILES string of the molecule is CN(C)S(=O)(=O)c1ccc(OCCN2CCOC(C)(C3CC3)C2)cc1. The first-order valence-electron chi connectivity index (χ1n) is 8.83. The van der Waals surface area contributed by atoms with Crippen molar-refractivity contribution < 1.29 is 17.9 Å². The van der Waals surface area contributed by atoms with Crippen molar-refractivity contribution in [3.05, 3.63) is 24.3 Å². The molecule has 1 unspecified atom stereocenters. The number of benzene rings is 1. The van der Waals surface area contributed by atoms with Gasteiger partial charge in [-0.3, -0.25) is 4.90 Å². The van der Waals surface area contributed by atoms with Crippen LogP contribution in [-0.2, 0) is 14.8 Å². The summed E-state index contributed by atoms with van der Waals surface area (Å²) < 4.78 is 37.1. The van der Waals surface area contributed by atoms with Gasteiger partial charge in [-0.2, -0.15) is 0 Å². The second-order valence-corrected chi connectivity index (χ2v) is 9.47. The van der Waals surface area contributed by atoms with Crippen LogP contribution in [0.1, 0.15) is 19.8 Å². The Morgan fingerprint density at radius 3 is 2.56 bits per heavy atom. The summed E-state index contributed by atoms with van der Waals surface area (Å²) >= 11 is 0. The predicted octanol–water partition coefficient (Wildman–Crippen LogP) is 1.82. The molecule has 1 aliphatic heterocycles. The molecule has 1 saturated carbocycles. The monoisotopic (exact) mass is 368 g/mol. The molecular weight excluding hydrogens is 340 g/mol. The smallest absolute Gasteiger partial charge is 0.242 e. The Balaban J connectivity index is 1.49. The summed E-state index contributed by atoms with van der Waals surface area (Å²) in [7, 11) is -0.340. The molecule has 0 spiro atoms. The molecule has 0 N–H and O–H groups in total. The minimum Gasteiger partial charge on any atom is -0.492 e. The molecule has 1 heterocycles. The first-order valence-corrected chi connectivity index (χ1v) is 10.3. The van der Waals surface area contributed by atoms with Crippen molar-refractivity contribution in [1.82, 2.24) is 9.21 Å². The van der Waals surface area contributed by atoms with Crippen LogP contribution in [0.15, 0.2) is 29.2 Å². The average molecular weight is 368 g/mol. The molecule has 25 heavy (non-hydrogen) atoms. The summed E-state index contributed by atoms with van der Waals surface area (Å²) in [5.74, 6) is 1.40. The molecule has 1 aromatic rings. The number of rotatable bonds is 7. The van der Waals surface area contributed by atoms with Gasteiger partial charge in [0.1, 0.15) is 12.4 Å². The average Bonchev–Trinajstić information content (AvgIpc) is 3.41. The van der Waals surface area contributed by atoms with E-state index in [1.165, 1.54) is 31.2 Å². The van der Waals surface area contributed by atoms with Crippen molar-refractivity contribution in [3.8, 4) is 5.75 Å². The second-order valence-electron chi connectivity index (χ2n) is 7.32. The van der Waals surface area contributed by atoms with E-state index in [2.05, 4.69) is 11.8 Å². The minimum atomic E-state index is -3.39. The lowest BCUT2D eigenvalue weighted by Crippen LogP contribution is -2.52. The number of hydrogen-bond donors (Lipinski definition) is 0. The van der Waals surface area contributed by atoms with E-state index in [-0.39, 0.29) is 10.5 Å². The standard InChI is InChI=1S/C18H28N2O4S/c1-18(15-4-5-15)14-20(11-13-24-18)10-12-23-16-6-8-17(9-7-16)25(21,22)19(2)3/h6-9,15H,4-5,10-14H2,1-3H3. The molecular formula is C18H28N2O4S. The third-order valence-corrected chi connectivity index (χ3v) is 6.93. The lowest BCUT2D eigenvalue weighted by atomic mass is 9.98. The number of nitrogens with zero attached hydrogens (tertiary/aromatic N) is 2. The van der Waals surface area contributed by atoms with Gasteiger partial charge in [-0.1, -0.05) is 0 Å². The van der Waals surface area contributed by atoms with Crippen LogP contribution in [0.4, 0.5) is 0 Å². The van der Waals surface area contributed by atoms with Crippen LogP contribution in [0, 0.1) is 5.92 Å². The maximum Gasteiger partial charge on any atom is 0.242 e. The zero-order valence-corrected chi connectivity index (χ0v) is 16.1. The molecule has 3 rings (SSSR count). The van der Waals surface area contributed by atoms with Crippen LogP contribution in [-0.4, -0.2) is 70.2 Å². The van der Waals surface area contributed by atoms with Crippen LogP contribution in [0.5, 0.6) is 5.75 Å². The summed E-state index contributed by atoms with van der Waals surface area (Å²) in [5.41, 5.74) is 0.000434. The molecule has 1 saturated heterocycles. The van der Waals surface area contributed by atoms with E-state index < -0.39 is 10.0 Å². The Hall–Kier alpha value is -1.15. The molecule has 0 radical (unpaired) electrons. The molecule has 0 bridgehead atoms. The maximum atomic E-state index is 12.1. The summed E-state index contributed by atoms with van der Waals surface area (Å²) in [5, 5.41) is 0. The van der Waals surface area contributed by atoms with Crippen molar-refractivity contribution in [2.24, 2.45) is 5.92 Å². The molecule has 1 atom stereocenters. The predicted molar refractivity (Wildman–Crippen MR) is 96.3 cm³/mol. The van der Waals surface area contributed by atoms with Gasteiger partial charge in [-0.15, -0.1) is 0 Å². The first-order chi connectivity index (χ1) is 11.8. The number of ether oxygens (including phenoxy) is 2. The van der Waals surface area contributed by atoms with Gasteiger partial charge in [0, 0.05) is 33.7 Å². The molecule has 140 valence electrons. The maximum absolute atomic E-state index is 12.1. The fourth-order valence-electron chi connectivity index (χ4n) is 3.32. The van der Waals surface area contributed by atoms with E-state index in [1.807, 2.05) is 0 Å². The van der Waals surface area contributed by atoms with Crippen molar-refractivity contribution in [2.45, 2.75) is 30.3 Å². The van der Waals surface area contributed by atoms with Crippen LogP contribution in [0.2, 0.25) is 0 Å².